The molecule has 21 heavy (non-hydrogen) atoms. The third-order valence-corrected chi connectivity index (χ3v) is 3.03. The van der Waals surface area contributed by atoms with Crippen molar-refractivity contribution in [2.45, 2.75) is 52.6 Å². The molecule has 0 bridgehead atoms. The third-order valence-electron chi connectivity index (χ3n) is 2.66. The van der Waals surface area contributed by atoms with E-state index in [2.05, 4.69) is 15.7 Å². The molecule has 7 heteroatoms. The number of aromatic nitrogens is 2. The smallest absolute Gasteiger partial charge is 0.287 e. The van der Waals surface area contributed by atoms with Crippen LogP contribution in [-0.2, 0) is 11.3 Å². The Morgan fingerprint density at radius 1 is 1.43 bits per heavy atom. The lowest BCUT2D eigenvalue weighted by Gasteiger charge is -2.20. The Morgan fingerprint density at radius 3 is 2.67 bits per heavy atom. The van der Waals surface area contributed by atoms with Crippen LogP contribution in [0.5, 0.6) is 0 Å². The van der Waals surface area contributed by atoms with Gasteiger partial charge in [0.05, 0.1) is 18.4 Å². The zero-order valence-corrected chi connectivity index (χ0v) is 13.8. The molecule has 1 aromatic rings. The second kappa shape index (κ2) is 7.45. The molecule has 1 rings (SSSR count). The number of amides is 1. The number of halogens is 1. The molecule has 0 radical (unpaired) electrons. The average Bonchev–Trinajstić information content (AvgIpc) is 2.37. The van der Waals surface area contributed by atoms with Crippen LogP contribution in [0, 0.1) is 0 Å². The lowest BCUT2D eigenvalue weighted by atomic mass is 10.1. The predicted octanol–water partition coefficient (Wildman–Crippen LogP) is 2.02. The first-order valence-corrected chi connectivity index (χ1v) is 7.43. The number of nitrogens with one attached hydrogen (secondary N) is 2. The molecule has 1 heterocycles. The highest BCUT2D eigenvalue weighted by Gasteiger charge is 2.14. The van der Waals surface area contributed by atoms with Crippen molar-refractivity contribution in [3.05, 3.63) is 21.6 Å². The van der Waals surface area contributed by atoms with Crippen LogP contribution in [0.1, 0.15) is 40.5 Å². The van der Waals surface area contributed by atoms with Crippen molar-refractivity contribution in [3.63, 3.8) is 0 Å². The molecule has 2 N–H and O–H groups in total. The Hall–Kier alpha value is -1.56. The topological polar surface area (TPSA) is 76.0 Å². The van der Waals surface area contributed by atoms with Crippen LogP contribution in [0.25, 0.3) is 0 Å². The number of rotatable bonds is 6. The van der Waals surface area contributed by atoms with Gasteiger partial charge in [0.25, 0.3) is 5.56 Å². The van der Waals surface area contributed by atoms with Gasteiger partial charge in [-0.3, -0.25) is 9.59 Å². The molecule has 0 saturated heterocycles. The molecule has 0 aromatic carbocycles. The molecule has 0 aliphatic rings. The van der Waals surface area contributed by atoms with Crippen molar-refractivity contribution < 1.29 is 4.79 Å². The standard InChI is InChI=1S/C14H23ClN4O2/c1-5-6-7-19-13(21)12(15)10(8-17-19)16-9-11(20)18-14(2,3)4/h8,16H,5-7,9H2,1-4H3,(H,18,20). The lowest BCUT2D eigenvalue weighted by molar-refractivity contribution is -0.120. The van der Waals surface area contributed by atoms with E-state index in [9.17, 15) is 9.59 Å². The molecule has 0 fully saturated rings. The van der Waals surface area contributed by atoms with E-state index in [0.717, 1.165) is 12.8 Å². The molecule has 0 unspecified atom stereocenters. The fraction of sp³-hybridized carbons (Fsp3) is 0.643. The van der Waals surface area contributed by atoms with Crippen molar-refractivity contribution in [2.75, 3.05) is 11.9 Å². The number of carbonyl (C=O) groups is 1. The van der Waals surface area contributed by atoms with E-state index >= 15 is 0 Å². The Kier molecular flexibility index (Phi) is 6.20. The molecule has 0 atom stereocenters. The van der Waals surface area contributed by atoms with Crippen LogP contribution in [-0.4, -0.2) is 27.8 Å². The van der Waals surface area contributed by atoms with Crippen LogP contribution in [0.3, 0.4) is 0 Å². The normalized spacial score (nSPS) is 11.3. The fourth-order valence-corrected chi connectivity index (χ4v) is 1.91. The maximum atomic E-state index is 12.0. The quantitative estimate of drug-likeness (QED) is 0.842. The first-order chi connectivity index (χ1) is 9.74. The maximum absolute atomic E-state index is 12.0. The first kappa shape index (κ1) is 17.5. The molecule has 1 aromatic heterocycles. The number of hydrogen-bond donors (Lipinski definition) is 2. The summed E-state index contributed by atoms with van der Waals surface area (Å²) in [6.45, 7) is 8.31. The Bertz CT molecular complexity index is 549. The predicted molar refractivity (Wildman–Crippen MR) is 84.8 cm³/mol. The summed E-state index contributed by atoms with van der Waals surface area (Å²) < 4.78 is 1.34. The van der Waals surface area contributed by atoms with E-state index in [0.29, 0.717) is 12.2 Å². The van der Waals surface area contributed by atoms with Crippen LogP contribution in [0.15, 0.2) is 11.0 Å². The van der Waals surface area contributed by atoms with Crippen LogP contribution in [0.4, 0.5) is 5.69 Å². The highest BCUT2D eigenvalue weighted by Crippen LogP contribution is 2.14. The van der Waals surface area contributed by atoms with Gasteiger partial charge in [0.1, 0.15) is 5.02 Å². The number of carbonyl (C=O) groups excluding carboxylic acids is 1. The van der Waals surface area contributed by atoms with Gasteiger partial charge in [0.15, 0.2) is 0 Å². The SMILES string of the molecule is CCCCn1ncc(NCC(=O)NC(C)(C)C)c(Cl)c1=O. The Morgan fingerprint density at radius 2 is 2.10 bits per heavy atom. The van der Waals surface area contributed by atoms with Crippen molar-refractivity contribution in [1.29, 1.82) is 0 Å². The van der Waals surface area contributed by atoms with E-state index in [1.807, 2.05) is 27.7 Å². The first-order valence-electron chi connectivity index (χ1n) is 7.05. The van der Waals surface area contributed by atoms with Gasteiger partial charge in [0, 0.05) is 12.1 Å². The van der Waals surface area contributed by atoms with Gasteiger partial charge in [-0.15, -0.1) is 0 Å². The summed E-state index contributed by atoms with van der Waals surface area (Å²) in [5.74, 6) is -0.172. The van der Waals surface area contributed by atoms with Crippen molar-refractivity contribution >= 4 is 23.2 Å². The molecule has 6 nitrogen and oxygen atoms in total. The van der Waals surface area contributed by atoms with E-state index < -0.39 is 0 Å². The highest BCUT2D eigenvalue weighted by atomic mass is 35.5. The minimum absolute atomic E-state index is 0.0388. The Balaban J connectivity index is 2.71. The van der Waals surface area contributed by atoms with Gasteiger partial charge in [-0.2, -0.15) is 5.10 Å². The van der Waals surface area contributed by atoms with Gasteiger partial charge in [0.2, 0.25) is 5.91 Å². The molecular weight excluding hydrogens is 292 g/mol. The molecule has 0 saturated carbocycles. The van der Waals surface area contributed by atoms with E-state index in [4.69, 9.17) is 11.6 Å². The molecule has 118 valence electrons. The summed E-state index contributed by atoms with van der Waals surface area (Å²) in [4.78, 5) is 23.7. The second-order valence-electron chi connectivity index (χ2n) is 5.91. The number of aryl methyl sites for hydroxylation is 1. The summed E-state index contributed by atoms with van der Waals surface area (Å²) in [6, 6.07) is 0. The van der Waals surface area contributed by atoms with Crippen LogP contribution in [0.2, 0.25) is 5.02 Å². The van der Waals surface area contributed by atoms with Crippen molar-refractivity contribution in [3.8, 4) is 0 Å². The van der Waals surface area contributed by atoms with E-state index in [-0.39, 0.29) is 28.6 Å². The number of nitrogens with zero attached hydrogens (tertiary/aromatic N) is 2. The summed E-state index contributed by atoms with van der Waals surface area (Å²) in [5, 5.41) is 9.77. The minimum atomic E-state index is -0.341. The van der Waals surface area contributed by atoms with Gasteiger partial charge < -0.3 is 10.6 Å². The lowest BCUT2D eigenvalue weighted by Crippen LogP contribution is -2.43. The zero-order chi connectivity index (χ0) is 16.0. The number of hydrogen-bond acceptors (Lipinski definition) is 4. The minimum Gasteiger partial charge on any atom is -0.373 e. The van der Waals surface area contributed by atoms with Gasteiger partial charge in [-0.1, -0.05) is 24.9 Å². The van der Waals surface area contributed by atoms with Crippen LogP contribution < -0.4 is 16.2 Å². The summed E-state index contributed by atoms with van der Waals surface area (Å²) in [5.41, 5.74) is -0.269. The largest absolute Gasteiger partial charge is 0.373 e. The number of anilines is 1. The monoisotopic (exact) mass is 314 g/mol. The number of unbranched alkanes of at least 4 members (excludes halogenated alkanes) is 1. The molecule has 1 amide bonds. The molecule has 0 spiro atoms. The molecule has 0 aliphatic carbocycles. The van der Waals surface area contributed by atoms with Crippen molar-refractivity contribution in [1.82, 2.24) is 15.1 Å². The zero-order valence-electron chi connectivity index (χ0n) is 13.0. The van der Waals surface area contributed by atoms with Crippen LogP contribution >= 0.6 is 11.6 Å². The molecular formula is C14H23ClN4O2. The summed E-state index contributed by atoms with van der Waals surface area (Å²) >= 11 is 6.03. The van der Waals surface area contributed by atoms with Crippen molar-refractivity contribution in [2.24, 2.45) is 0 Å². The fourth-order valence-electron chi connectivity index (χ4n) is 1.69. The summed E-state index contributed by atoms with van der Waals surface area (Å²) in [6.07, 6.45) is 3.31. The highest BCUT2D eigenvalue weighted by molar-refractivity contribution is 6.33. The van der Waals surface area contributed by atoms with E-state index in [1.165, 1.54) is 10.9 Å². The molecule has 0 aliphatic heterocycles. The Labute approximate surface area is 129 Å². The van der Waals surface area contributed by atoms with Gasteiger partial charge >= 0.3 is 0 Å². The third kappa shape index (κ3) is 5.75. The second-order valence-corrected chi connectivity index (χ2v) is 6.28. The van der Waals surface area contributed by atoms with E-state index in [1.54, 1.807) is 0 Å². The van der Waals surface area contributed by atoms with Gasteiger partial charge in [-0.05, 0) is 27.2 Å². The average molecular weight is 315 g/mol. The van der Waals surface area contributed by atoms with Gasteiger partial charge in [-0.25, -0.2) is 4.68 Å². The maximum Gasteiger partial charge on any atom is 0.287 e. The summed E-state index contributed by atoms with van der Waals surface area (Å²) in [7, 11) is 0.